The van der Waals surface area contributed by atoms with Crippen molar-refractivity contribution in [3.8, 4) is 0 Å². The molecule has 3 rings (SSSR count). The quantitative estimate of drug-likeness (QED) is 0.665. The van der Waals surface area contributed by atoms with E-state index in [1.54, 1.807) is 12.1 Å². The molecule has 0 saturated carbocycles. The Kier molecular flexibility index (Phi) is 3.48. The Labute approximate surface area is 112 Å². The van der Waals surface area contributed by atoms with Crippen molar-refractivity contribution < 1.29 is 4.92 Å². The predicted molar refractivity (Wildman–Crippen MR) is 72.9 cm³/mol. The summed E-state index contributed by atoms with van der Waals surface area (Å²) in [4.78, 5) is 12.7. The molecule has 0 aliphatic carbocycles. The molecule has 0 spiro atoms. The zero-order chi connectivity index (χ0) is 13.2. The summed E-state index contributed by atoms with van der Waals surface area (Å²) in [6.07, 6.45) is 2.61. The molecule has 0 radical (unpaired) electrons. The number of hydrogen-bond donors (Lipinski definition) is 1. The summed E-state index contributed by atoms with van der Waals surface area (Å²) in [6, 6.07) is 7.57. The lowest BCUT2D eigenvalue weighted by molar-refractivity contribution is -0.384. The van der Waals surface area contributed by atoms with Crippen molar-refractivity contribution in [2.45, 2.75) is 25.4 Å². The second-order valence-corrected chi connectivity index (χ2v) is 5.58. The third-order valence-electron chi connectivity index (χ3n) is 4.23. The van der Waals surface area contributed by atoms with E-state index < -0.39 is 0 Å². The van der Waals surface area contributed by atoms with Crippen LogP contribution in [0.25, 0.3) is 0 Å². The maximum absolute atomic E-state index is 10.6. The first-order valence-corrected chi connectivity index (χ1v) is 6.91. The topological polar surface area (TPSA) is 58.4 Å². The van der Waals surface area contributed by atoms with Crippen LogP contribution in [0.1, 0.15) is 18.4 Å². The van der Waals surface area contributed by atoms with Crippen molar-refractivity contribution in [1.82, 2.24) is 10.2 Å². The summed E-state index contributed by atoms with van der Waals surface area (Å²) in [5.41, 5.74) is 1.32. The lowest BCUT2D eigenvalue weighted by Gasteiger charge is -2.24. The van der Waals surface area contributed by atoms with Gasteiger partial charge in [-0.3, -0.25) is 15.0 Å². The summed E-state index contributed by atoms with van der Waals surface area (Å²) >= 11 is 0. The number of benzene rings is 1. The van der Waals surface area contributed by atoms with Gasteiger partial charge in [0.05, 0.1) is 4.92 Å². The largest absolute Gasteiger partial charge is 0.312 e. The number of non-ortho nitro benzene ring substituents is 1. The maximum atomic E-state index is 10.6. The van der Waals surface area contributed by atoms with Crippen molar-refractivity contribution >= 4 is 5.69 Å². The molecule has 2 heterocycles. The molecule has 1 aromatic rings. The average Bonchev–Trinajstić information content (AvgIpc) is 2.81. The molecule has 19 heavy (non-hydrogen) atoms. The third kappa shape index (κ3) is 2.77. The van der Waals surface area contributed by atoms with Crippen LogP contribution < -0.4 is 5.32 Å². The Hall–Kier alpha value is -1.46. The Morgan fingerprint density at radius 3 is 2.79 bits per heavy atom. The summed E-state index contributed by atoms with van der Waals surface area (Å²) in [5.74, 6) is 0.784. The van der Waals surface area contributed by atoms with Crippen LogP contribution in [0.2, 0.25) is 0 Å². The predicted octanol–water partition coefficient (Wildman–Crippen LogP) is 1.78. The van der Waals surface area contributed by atoms with Gasteiger partial charge in [0, 0.05) is 37.8 Å². The van der Waals surface area contributed by atoms with Crippen molar-refractivity contribution in [1.29, 1.82) is 0 Å². The van der Waals surface area contributed by atoms with Crippen molar-refractivity contribution in [2.24, 2.45) is 5.92 Å². The molecule has 0 unspecified atom stereocenters. The van der Waals surface area contributed by atoms with Gasteiger partial charge in [-0.2, -0.15) is 0 Å². The Morgan fingerprint density at radius 1 is 1.32 bits per heavy atom. The minimum atomic E-state index is -0.349. The van der Waals surface area contributed by atoms with E-state index in [0.717, 1.165) is 37.7 Å². The van der Waals surface area contributed by atoms with Crippen LogP contribution in [-0.2, 0) is 6.54 Å². The number of hydrogen-bond acceptors (Lipinski definition) is 4. The Balaban J connectivity index is 1.61. The number of piperidine rings is 1. The smallest absolute Gasteiger partial charge is 0.269 e. The van der Waals surface area contributed by atoms with Crippen LogP contribution in [0.15, 0.2) is 24.3 Å². The highest BCUT2D eigenvalue weighted by atomic mass is 16.6. The van der Waals surface area contributed by atoms with Gasteiger partial charge in [0.2, 0.25) is 0 Å². The highest BCUT2D eigenvalue weighted by molar-refractivity contribution is 5.32. The third-order valence-corrected chi connectivity index (χ3v) is 4.23. The normalized spacial score (nSPS) is 27.2. The van der Waals surface area contributed by atoms with Gasteiger partial charge in [-0.1, -0.05) is 12.1 Å². The highest BCUT2D eigenvalue weighted by Crippen LogP contribution is 2.26. The first-order chi connectivity index (χ1) is 9.22. The second-order valence-electron chi connectivity index (χ2n) is 5.58. The van der Waals surface area contributed by atoms with Gasteiger partial charge in [-0.25, -0.2) is 0 Å². The van der Waals surface area contributed by atoms with Crippen LogP contribution in [0, 0.1) is 16.0 Å². The zero-order valence-electron chi connectivity index (χ0n) is 10.9. The van der Waals surface area contributed by atoms with Crippen LogP contribution in [0.5, 0.6) is 0 Å². The van der Waals surface area contributed by atoms with E-state index in [1.807, 2.05) is 12.1 Å². The minimum absolute atomic E-state index is 0.167. The van der Waals surface area contributed by atoms with Crippen molar-refractivity contribution in [2.75, 3.05) is 19.6 Å². The second kappa shape index (κ2) is 5.27. The molecule has 2 aliphatic heterocycles. The SMILES string of the molecule is O=[N+]([O-])c1ccc(CN2C[C@@H]3CCCN[C@@H]3C2)cc1. The molecule has 0 aromatic heterocycles. The fourth-order valence-corrected chi connectivity index (χ4v) is 3.25. The standard InChI is InChI=1S/C14H19N3O2/c18-17(19)13-5-3-11(4-6-13)8-16-9-12-2-1-7-15-14(12)10-16/h3-6,12,14-15H,1-2,7-10H2/t12-,14+/m0/s1. The van der Waals surface area contributed by atoms with Crippen molar-refractivity contribution in [3.63, 3.8) is 0 Å². The number of nitro groups is 1. The van der Waals surface area contributed by atoms with Gasteiger partial charge >= 0.3 is 0 Å². The number of nitrogens with zero attached hydrogens (tertiary/aromatic N) is 2. The Morgan fingerprint density at radius 2 is 2.11 bits per heavy atom. The molecule has 102 valence electrons. The summed E-state index contributed by atoms with van der Waals surface area (Å²) < 4.78 is 0. The van der Waals surface area contributed by atoms with Gasteiger partial charge in [-0.15, -0.1) is 0 Å². The monoisotopic (exact) mass is 261 g/mol. The maximum Gasteiger partial charge on any atom is 0.269 e. The summed E-state index contributed by atoms with van der Waals surface area (Å²) in [5, 5.41) is 14.2. The number of fused-ring (bicyclic) bond motifs is 1. The molecule has 2 atom stereocenters. The van der Waals surface area contributed by atoms with E-state index in [9.17, 15) is 10.1 Å². The summed E-state index contributed by atoms with van der Waals surface area (Å²) in [7, 11) is 0. The lowest BCUT2D eigenvalue weighted by Crippen LogP contribution is -2.40. The fraction of sp³-hybridized carbons (Fsp3) is 0.571. The van der Waals surface area contributed by atoms with Gasteiger partial charge in [-0.05, 0) is 30.9 Å². The highest BCUT2D eigenvalue weighted by Gasteiger charge is 2.33. The molecular weight excluding hydrogens is 242 g/mol. The first-order valence-electron chi connectivity index (χ1n) is 6.91. The first kappa shape index (κ1) is 12.6. The molecule has 1 N–H and O–H groups in total. The van der Waals surface area contributed by atoms with E-state index in [4.69, 9.17) is 0 Å². The number of nitro benzene ring substituents is 1. The van der Waals surface area contributed by atoms with E-state index in [-0.39, 0.29) is 10.6 Å². The summed E-state index contributed by atoms with van der Waals surface area (Å²) in [6.45, 7) is 4.29. The minimum Gasteiger partial charge on any atom is -0.312 e. The Bertz CT molecular complexity index is 446. The number of nitrogens with one attached hydrogen (secondary N) is 1. The van der Waals surface area contributed by atoms with Gasteiger partial charge in [0.15, 0.2) is 0 Å². The number of likely N-dealkylation sites (tertiary alicyclic amines) is 1. The molecular formula is C14H19N3O2. The molecule has 0 amide bonds. The van der Waals surface area contributed by atoms with Crippen LogP contribution in [0.3, 0.4) is 0 Å². The van der Waals surface area contributed by atoms with Crippen LogP contribution in [-0.4, -0.2) is 35.5 Å². The van der Waals surface area contributed by atoms with Crippen LogP contribution >= 0.6 is 0 Å². The molecule has 5 heteroatoms. The fourth-order valence-electron chi connectivity index (χ4n) is 3.25. The number of rotatable bonds is 3. The van der Waals surface area contributed by atoms with Gasteiger partial charge in [0.25, 0.3) is 5.69 Å². The average molecular weight is 261 g/mol. The van der Waals surface area contributed by atoms with Crippen molar-refractivity contribution in [3.05, 3.63) is 39.9 Å². The molecule has 2 saturated heterocycles. The van der Waals surface area contributed by atoms with Crippen LogP contribution in [0.4, 0.5) is 5.69 Å². The van der Waals surface area contributed by atoms with Gasteiger partial charge < -0.3 is 5.32 Å². The molecule has 0 bridgehead atoms. The van der Waals surface area contributed by atoms with E-state index in [0.29, 0.717) is 6.04 Å². The van der Waals surface area contributed by atoms with E-state index in [1.165, 1.54) is 12.8 Å². The zero-order valence-corrected chi connectivity index (χ0v) is 10.9. The molecule has 1 aromatic carbocycles. The lowest BCUT2D eigenvalue weighted by atomic mass is 9.94. The molecule has 2 aliphatic rings. The van der Waals surface area contributed by atoms with Gasteiger partial charge in [0.1, 0.15) is 0 Å². The molecule has 5 nitrogen and oxygen atoms in total. The van der Waals surface area contributed by atoms with E-state index >= 15 is 0 Å². The molecule has 2 fully saturated rings. The van der Waals surface area contributed by atoms with E-state index in [2.05, 4.69) is 10.2 Å².